The molecule has 2 N–H and O–H groups in total. The van der Waals surface area contributed by atoms with Crippen molar-refractivity contribution in [1.82, 2.24) is 0 Å². The third-order valence-corrected chi connectivity index (χ3v) is 2.57. The van der Waals surface area contributed by atoms with E-state index in [9.17, 15) is 10.2 Å². The molecule has 1 aliphatic heterocycles. The predicted octanol–water partition coefficient (Wildman–Crippen LogP) is 0.399. The molecule has 4 unspecified atom stereocenters. The topological polar surface area (TPSA) is 49.7 Å². The molecule has 1 saturated heterocycles. The van der Waals surface area contributed by atoms with Gasteiger partial charge in [-0.2, -0.15) is 0 Å². The molecule has 3 heteroatoms. The second-order valence-corrected chi connectivity index (χ2v) is 3.96. The molecule has 0 bridgehead atoms. The zero-order valence-electron chi connectivity index (χ0n) is 7.90. The summed E-state index contributed by atoms with van der Waals surface area (Å²) in [5.41, 5.74) is 0. The van der Waals surface area contributed by atoms with Crippen LogP contribution in [0.3, 0.4) is 0 Å². The summed E-state index contributed by atoms with van der Waals surface area (Å²) >= 11 is 0. The van der Waals surface area contributed by atoms with E-state index in [1.165, 1.54) is 0 Å². The Morgan fingerprint density at radius 2 is 1.92 bits per heavy atom. The van der Waals surface area contributed by atoms with Crippen molar-refractivity contribution in [2.75, 3.05) is 6.61 Å². The highest BCUT2D eigenvalue weighted by Gasteiger charge is 2.36. The van der Waals surface area contributed by atoms with Crippen LogP contribution in [0.4, 0.5) is 0 Å². The second-order valence-electron chi connectivity index (χ2n) is 3.96. The monoisotopic (exact) mass is 174 g/mol. The summed E-state index contributed by atoms with van der Waals surface area (Å²) in [6, 6.07) is 0. The van der Waals surface area contributed by atoms with Crippen molar-refractivity contribution in [3.63, 3.8) is 0 Å². The highest BCUT2D eigenvalue weighted by atomic mass is 16.5. The van der Waals surface area contributed by atoms with Crippen molar-refractivity contribution >= 4 is 0 Å². The third-order valence-electron chi connectivity index (χ3n) is 2.57. The Labute approximate surface area is 73.4 Å². The van der Waals surface area contributed by atoms with Gasteiger partial charge in [-0.05, 0) is 5.92 Å². The maximum atomic E-state index is 9.54. The molecular weight excluding hydrogens is 156 g/mol. The van der Waals surface area contributed by atoms with Crippen LogP contribution >= 0.6 is 0 Å². The van der Waals surface area contributed by atoms with Crippen molar-refractivity contribution in [2.45, 2.75) is 39.1 Å². The van der Waals surface area contributed by atoms with E-state index < -0.39 is 12.2 Å². The standard InChI is InChI=1S/C9H18O3/c1-5(2)9-6(3)8(11)7(10)4-12-9/h5-11H,4H2,1-3H3. The number of hydrogen-bond donors (Lipinski definition) is 2. The summed E-state index contributed by atoms with van der Waals surface area (Å²) in [6.45, 7) is 6.29. The van der Waals surface area contributed by atoms with Crippen LogP contribution in [-0.2, 0) is 4.74 Å². The summed E-state index contributed by atoms with van der Waals surface area (Å²) in [5, 5.41) is 18.8. The van der Waals surface area contributed by atoms with Crippen LogP contribution in [0.5, 0.6) is 0 Å². The molecular formula is C9H18O3. The molecule has 3 nitrogen and oxygen atoms in total. The van der Waals surface area contributed by atoms with Gasteiger partial charge in [0.2, 0.25) is 0 Å². The van der Waals surface area contributed by atoms with Crippen LogP contribution < -0.4 is 0 Å². The van der Waals surface area contributed by atoms with Gasteiger partial charge in [-0.25, -0.2) is 0 Å². The highest BCUT2D eigenvalue weighted by Crippen LogP contribution is 2.26. The average molecular weight is 174 g/mol. The SMILES string of the molecule is CC(C)C1OCC(O)C(O)C1C. The Morgan fingerprint density at radius 1 is 1.33 bits per heavy atom. The normalized spacial score (nSPS) is 43.5. The lowest BCUT2D eigenvalue weighted by Gasteiger charge is -2.38. The van der Waals surface area contributed by atoms with E-state index in [4.69, 9.17) is 4.74 Å². The Balaban J connectivity index is 2.58. The highest BCUT2D eigenvalue weighted by molar-refractivity contribution is 4.85. The van der Waals surface area contributed by atoms with Gasteiger partial charge < -0.3 is 14.9 Å². The van der Waals surface area contributed by atoms with Gasteiger partial charge in [0.15, 0.2) is 0 Å². The third kappa shape index (κ3) is 1.79. The fraction of sp³-hybridized carbons (Fsp3) is 1.00. The van der Waals surface area contributed by atoms with Crippen LogP contribution in [0.1, 0.15) is 20.8 Å². The number of aliphatic hydroxyl groups is 2. The molecule has 0 aliphatic carbocycles. The summed E-state index contributed by atoms with van der Waals surface area (Å²) in [6.07, 6.45) is -1.27. The van der Waals surface area contributed by atoms with Crippen LogP contribution in [0.25, 0.3) is 0 Å². The molecule has 1 fully saturated rings. The maximum absolute atomic E-state index is 9.54. The van der Waals surface area contributed by atoms with Crippen LogP contribution in [-0.4, -0.2) is 35.1 Å². The van der Waals surface area contributed by atoms with E-state index in [0.717, 1.165) is 0 Å². The molecule has 4 atom stereocenters. The molecule has 0 aromatic heterocycles. The van der Waals surface area contributed by atoms with E-state index in [-0.39, 0.29) is 18.6 Å². The average Bonchev–Trinajstić information content (AvgIpc) is 2.00. The Morgan fingerprint density at radius 3 is 2.42 bits per heavy atom. The molecule has 72 valence electrons. The first-order chi connectivity index (χ1) is 5.54. The molecule has 0 saturated carbocycles. The van der Waals surface area contributed by atoms with E-state index in [1.807, 2.05) is 6.92 Å². The number of rotatable bonds is 1. The van der Waals surface area contributed by atoms with Crippen molar-refractivity contribution < 1.29 is 14.9 Å². The number of aliphatic hydroxyl groups excluding tert-OH is 2. The molecule has 0 radical (unpaired) electrons. The van der Waals surface area contributed by atoms with Crippen LogP contribution in [0, 0.1) is 11.8 Å². The molecule has 0 aromatic rings. The van der Waals surface area contributed by atoms with Gasteiger partial charge in [0.25, 0.3) is 0 Å². The first-order valence-corrected chi connectivity index (χ1v) is 4.51. The van der Waals surface area contributed by atoms with E-state index in [1.54, 1.807) is 0 Å². The minimum Gasteiger partial charge on any atom is -0.390 e. The zero-order valence-corrected chi connectivity index (χ0v) is 7.90. The molecule has 12 heavy (non-hydrogen) atoms. The van der Waals surface area contributed by atoms with E-state index in [2.05, 4.69) is 13.8 Å². The summed E-state index contributed by atoms with van der Waals surface area (Å²) in [5.74, 6) is 0.413. The minimum absolute atomic E-state index is 0.0220. The lowest BCUT2D eigenvalue weighted by Crippen LogP contribution is -2.49. The summed E-state index contributed by atoms with van der Waals surface area (Å²) in [4.78, 5) is 0. The zero-order chi connectivity index (χ0) is 9.30. The molecule has 1 aliphatic rings. The smallest absolute Gasteiger partial charge is 0.104 e. The van der Waals surface area contributed by atoms with Crippen molar-refractivity contribution in [3.05, 3.63) is 0 Å². The second kappa shape index (κ2) is 3.73. The first kappa shape index (κ1) is 9.96. The quantitative estimate of drug-likeness (QED) is 0.605. The van der Waals surface area contributed by atoms with Gasteiger partial charge in [-0.3, -0.25) is 0 Å². The van der Waals surface area contributed by atoms with Crippen molar-refractivity contribution in [2.24, 2.45) is 11.8 Å². The number of hydrogen-bond acceptors (Lipinski definition) is 3. The molecule has 0 aromatic carbocycles. The fourth-order valence-corrected chi connectivity index (χ4v) is 1.80. The van der Waals surface area contributed by atoms with E-state index in [0.29, 0.717) is 5.92 Å². The molecule has 1 heterocycles. The predicted molar refractivity (Wildman–Crippen MR) is 45.8 cm³/mol. The molecule has 0 amide bonds. The first-order valence-electron chi connectivity index (χ1n) is 4.51. The van der Waals surface area contributed by atoms with Gasteiger partial charge in [-0.1, -0.05) is 20.8 Å². The lowest BCUT2D eigenvalue weighted by atomic mass is 9.86. The van der Waals surface area contributed by atoms with Gasteiger partial charge in [-0.15, -0.1) is 0 Å². The minimum atomic E-state index is -0.713. The number of ether oxygens (including phenoxy) is 1. The molecule has 0 spiro atoms. The van der Waals surface area contributed by atoms with Gasteiger partial charge in [0.05, 0.1) is 18.8 Å². The van der Waals surface area contributed by atoms with Gasteiger partial charge in [0, 0.05) is 5.92 Å². The van der Waals surface area contributed by atoms with Crippen LogP contribution in [0.2, 0.25) is 0 Å². The maximum Gasteiger partial charge on any atom is 0.104 e. The Hall–Kier alpha value is -0.120. The van der Waals surface area contributed by atoms with Crippen LogP contribution in [0.15, 0.2) is 0 Å². The fourth-order valence-electron chi connectivity index (χ4n) is 1.80. The van der Waals surface area contributed by atoms with Crippen molar-refractivity contribution in [1.29, 1.82) is 0 Å². The van der Waals surface area contributed by atoms with Gasteiger partial charge >= 0.3 is 0 Å². The lowest BCUT2D eigenvalue weighted by molar-refractivity contribution is -0.165. The molecule has 1 rings (SSSR count). The Kier molecular flexibility index (Phi) is 3.09. The Bertz CT molecular complexity index is 147. The van der Waals surface area contributed by atoms with Gasteiger partial charge in [0.1, 0.15) is 6.10 Å². The summed E-state index contributed by atoms with van der Waals surface area (Å²) in [7, 11) is 0. The summed E-state index contributed by atoms with van der Waals surface area (Å²) < 4.78 is 5.42. The van der Waals surface area contributed by atoms with Crippen molar-refractivity contribution in [3.8, 4) is 0 Å². The van der Waals surface area contributed by atoms with E-state index >= 15 is 0 Å². The largest absolute Gasteiger partial charge is 0.390 e.